The van der Waals surface area contributed by atoms with Gasteiger partial charge in [-0.15, -0.1) is 0 Å². The van der Waals surface area contributed by atoms with Crippen LogP contribution in [0.3, 0.4) is 0 Å². The highest BCUT2D eigenvalue weighted by Crippen LogP contribution is 2.41. The molecule has 5 heteroatoms. The third-order valence-electron chi connectivity index (χ3n) is 5.28. The summed E-state index contributed by atoms with van der Waals surface area (Å²) in [6.07, 6.45) is 2.98. The fraction of sp³-hybridized carbons (Fsp3) is 0.588. The molecule has 0 spiro atoms. The molecule has 0 bridgehead atoms. The van der Waals surface area contributed by atoms with E-state index in [0.717, 1.165) is 34.3 Å². The Morgan fingerprint density at radius 1 is 1.32 bits per heavy atom. The largest absolute Gasteiger partial charge is 0.391 e. The molecule has 1 saturated carbocycles. The van der Waals surface area contributed by atoms with Crippen LogP contribution in [0.15, 0.2) is 16.6 Å². The normalized spacial score (nSPS) is 25.8. The molecule has 0 radical (unpaired) electrons. The van der Waals surface area contributed by atoms with Crippen LogP contribution in [0.1, 0.15) is 42.1 Å². The molecule has 2 atom stereocenters. The zero-order valence-corrected chi connectivity index (χ0v) is 14.3. The number of hydrogen-bond donors (Lipinski definition) is 1. The Morgan fingerprint density at radius 2 is 2.09 bits per heavy atom. The van der Waals surface area contributed by atoms with Crippen molar-refractivity contribution < 1.29 is 9.90 Å². The molecule has 1 aromatic carbocycles. The smallest absolute Gasteiger partial charge is 0.256 e. The lowest BCUT2D eigenvalue weighted by molar-refractivity contribution is 0.0698. The number of halogens is 1. The van der Waals surface area contributed by atoms with Crippen LogP contribution in [0.4, 0.5) is 5.69 Å². The first kappa shape index (κ1) is 14.5. The number of nitrogens with zero attached hydrogens (tertiary/aromatic N) is 2. The minimum Gasteiger partial charge on any atom is -0.391 e. The van der Waals surface area contributed by atoms with Crippen LogP contribution in [0.25, 0.3) is 0 Å². The zero-order chi connectivity index (χ0) is 15.4. The van der Waals surface area contributed by atoms with Gasteiger partial charge < -0.3 is 14.9 Å². The van der Waals surface area contributed by atoms with E-state index in [2.05, 4.69) is 33.8 Å². The molecule has 3 aliphatic rings. The Kier molecular flexibility index (Phi) is 3.46. The number of hydrogen-bond acceptors (Lipinski definition) is 3. The predicted molar refractivity (Wildman–Crippen MR) is 89.0 cm³/mol. The van der Waals surface area contributed by atoms with E-state index in [9.17, 15) is 9.90 Å². The summed E-state index contributed by atoms with van der Waals surface area (Å²) in [5, 5.41) is 9.82. The van der Waals surface area contributed by atoms with Crippen molar-refractivity contribution in [1.82, 2.24) is 4.90 Å². The van der Waals surface area contributed by atoms with Crippen molar-refractivity contribution in [3.05, 3.63) is 27.7 Å². The maximum atomic E-state index is 13.0. The summed E-state index contributed by atoms with van der Waals surface area (Å²) >= 11 is 3.58. The first-order valence-corrected chi connectivity index (χ1v) is 8.90. The lowest BCUT2D eigenvalue weighted by Gasteiger charge is -2.25. The quantitative estimate of drug-likeness (QED) is 0.896. The van der Waals surface area contributed by atoms with Gasteiger partial charge in [0.25, 0.3) is 5.91 Å². The topological polar surface area (TPSA) is 43.8 Å². The molecule has 1 saturated heterocycles. The Balaban J connectivity index is 1.70. The van der Waals surface area contributed by atoms with Gasteiger partial charge in [-0.1, -0.05) is 15.9 Å². The maximum absolute atomic E-state index is 13.0. The highest BCUT2D eigenvalue weighted by atomic mass is 79.9. The lowest BCUT2D eigenvalue weighted by atomic mass is 10.1. The molecule has 2 heterocycles. The molecule has 22 heavy (non-hydrogen) atoms. The van der Waals surface area contributed by atoms with Crippen LogP contribution >= 0.6 is 15.9 Å². The van der Waals surface area contributed by atoms with Crippen molar-refractivity contribution in [1.29, 1.82) is 0 Å². The van der Waals surface area contributed by atoms with E-state index in [4.69, 9.17) is 0 Å². The molecule has 118 valence electrons. The second kappa shape index (κ2) is 5.24. The van der Waals surface area contributed by atoms with Gasteiger partial charge in [0.15, 0.2) is 0 Å². The number of anilines is 1. The monoisotopic (exact) mass is 364 g/mol. The first-order chi connectivity index (χ1) is 10.5. The van der Waals surface area contributed by atoms with Crippen LogP contribution in [0.2, 0.25) is 0 Å². The Bertz CT molecular complexity index is 629. The number of carbonyl (C=O) groups is 1. The molecule has 1 aliphatic carbocycles. The number of aliphatic hydroxyl groups is 1. The van der Waals surface area contributed by atoms with E-state index in [1.165, 1.54) is 12.8 Å². The van der Waals surface area contributed by atoms with E-state index in [1.807, 2.05) is 11.0 Å². The van der Waals surface area contributed by atoms with Crippen molar-refractivity contribution in [3.63, 3.8) is 0 Å². The molecular weight excluding hydrogens is 344 g/mol. The molecule has 4 rings (SSSR count). The van der Waals surface area contributed by atoms with Gasteiger partial charge in [0.1, 0.15) is 0 Å². The van der Waals surface area contributed by atoms with E-state index in [0.29, 0.717) is 25.0 Å². The van der Waals surface area contributed by atoms with Gasteiger partial charge in [-0.3, -0.25) is 4.79 Å². The predicted octanol–water partition coefficient (Wildman–Crippen LogP) is 2.77. The highest BCUT2D eigenvalue weighted by Gasteiger charge is 2.40. The molecule has 1 N–H and O–H groups in total. The van der Waals surface area contributed by atoms with Crippen molar-refractivity contribution in [2.45, 2.75) is 44.9 Å². The summed E-state index contributed by atoms with van der Waals surface area (Å²) < 4.78 is 1.01. The summed E-state index contributed by atoms with van der Waals surface area (Å²) in [6, 6.07) is 4.43. The standard InChI is InChI=1S/C17H21BrN2O2/c1-10(11-2-3-11)20-8-12-6-13(18)7-15(16(12)17(20)22)19-5-4-14(21)9-19/h6-7,10-11,14,21H,2-5,8-9H2,1H3/t10-,14+/m0/s1. The van der Waals surface area contributed by atoms with Gasteiger partial charge in [0.2, 0.25) is 0 Å². The van der Waals surface area contributed by atoms with Gasteiger partial charge in [-0.2, -0.15) is 0 Å². The van der Waals surface area contributed by atoms with Gasteiger partial charge in [-0.05, 0) is 49.8 Å². The van der Waals surface area contributed by atoms with Crippen LogP contribution in [0, 0.1) is 5.92 Å². The fourth-order valence-corrected chi connectivity index (χ4v) is 4.28. The van der Waals surface area contributed by atoms with Gasteiger partial charge >= 0.3 is 0 Å². The van der Waals surface area contributed by atoms with Crippen molar-refractivity contribution >= 4 is 27.5 Å². The summed E-state index contributed by atoms with van der Waals surface area (Å²) in [5.41, 5.74) is 2.95. The Morgan fingerprint density at radius 3 is 2.73 bits per heavy atom. The highest BCUT2D eigenvalue weighted by molar-refractivity contribution is 9.10. The van der Waals surface area contributed by atoms with E-state index in [-0.39, 0.29) is 12.0 Å². The average Bonchev–Trinajstić information content (AvgIpc) is 3.16. The minimum atomic E-state index is -0.285. The lowest BCUT2D eigenvalue weighted by Crippen LogP contribution is -2.35. The van der Waals surface area contributed by atoms with Crippen molar-refractivity contribution in [3.8, 4) is 0 Å². The molecule has 1 amide bonds. The number of rotatable bonds is 3. The third-order valence-corrected chi connectivity index (χ3v) is 5.74. The molecule has 2 aliphatic heterocycles. The van der Waals surface area contributed by atoms with E-state index in [1.54, 1.807) is 0 Å². The second-order valence-corrected chi connectivity index (χ2v) is 7.77. The van der Waals surface area contributed by atoms with E-state index >= 15 is 0 Å². The van der Waals surface area contributed by atoms with Crippen molar-refractivity contribution in [2.24, 2.45) is 5.92 Å². The fourth-order valence-electron chi connectivity index (χ4n) is 3.79. The minimum absolute atomic E-state index is 0.165. The van der Waals surface area contributed by atoms with E-state index < -0.39 is 0 Å². The zero-order valence-electron chi connectivity index (χ0n) is 12.8. The maximum Gasteiger partial charge on any atom is 0.256 e. The molecular formula is C17H21BrN2O2. The summed E-state index contributed by atoms with van der Waals surface area (Å²) in [4.78, 5) is 17.1. The van der Waals surface area contributed by atoms with Gasteiger partial charge in [0.05, 0.1) is 17.4 Å². The van der Waals surface area contributed by atoms with Gasteiger partial charge in [0, 0.05) is 30.1 Å². The number of carbonyl (C=O) groups excluding carboxylic acids is 1. The van der Waals surface area contributed by atoms with Crippen LogP contribution < -0.4 is 4.90 Å². The molecule has 2 fully saturated rings. The van der Waals surface area contributed by atoms with Gasteiger partial charge in [-0.25, -0.2) is 0 Å². The van der Waals surface area contributed by atoms with Crippen LogP contribution in [0.5, 0.6) is 0 Å². The number of aliphatic hydroxyl groups excluding tert-OH is 1. The average molecular weight is 365 g/mol. The number of benzene rings is 1. The molecule has 4 nitrogen and oxygen atoms in total. The summed E-state index contributed by atoms with van der Waals surface area (Å²) in [6.45, 7) is 4.33. The third kappa shape index (κ3) is 2.35. The Hall–Kier alpha value is -1.07. The summed E-state index contributed by atoms with van der Waals surface area (Å²) in [5.74, 6) is 0.844. The first-order valence-electron chi connectivity index (χ1n) is 8.11. The second-order valence-electron chi connectivity index (χ2n) is 6.86. The summed E-state index contributed by atoms with van der Waals surface area (Å²) in [7, 11) is 0. The molecule has 1 aromatic rings. The van der Waals surface area contributed by atoms with Crippen LogP contribution in [-0.4, -0.2) is 41.1 Å². The number of β-amino-alcohol motifs (C(OH)–C–C–N with tert-alkyl or cyclic N) is 1. The number of amides is 1. The van der Waals surface area contributed by atoms with Crippen molar-refractivity contribution in [2.75, 3.05) is 18.0 Å². The molecule has 0 unspecified atom stereocenters. The molecule has 0 aromatic heterocycles. The van der Waals surface area contributed by atoms with Crippen LogP contribution in [-0.2, 0) is 6.54 Å². The SMILES string of the molecule is C[C@@H](C1CC1)N1Cc2cc(Br)cc(N3CC[C@@H](O)C3)c2C1=O. The number of fused-ring (bicyclic) bond motifs is 1. The Labute approximate surface area is 139 Å².